The van der Waals surface area contributed by atoms with Crippen molar-refractivity contribution in [3.63, 3.8) is 0 Å². The second-order valence-corrected chi connectivity index (χ2v) is 4.61. The topological polar surface area (TPSA) is 25.8 Å². The standard InChI is InChI=1S/C18H10N2.Y/c1-4-14-6-3-11-20-18(14)16(7-1)15-9-8-13-5-2-10-19-17(13)12-15;/h1-6,8-11H;/q-2;. The number of nitrogens with zero attached hydrogens (tertiary/aromatic N) is 2. The van der Waals surface area contributed by atoms with Crippen LogP contribution in [0.15, 0.2) is 60.9 Å². The van der Waals surface area contributed by atoms with Gasteiger partial charge in [-0.1, -0.05) is 34.5 Å². The molecule has 2 aromatic heterocycles. The SMILES string of the molecule is [Y].[c-]1ccc2cccnc2c1-c1[c-]c2ncccc2cc1. The average molecular weight is 343 g/mol. The Labute approximate surface area is 148 Å². The Morgan fingerprint density at radius 2 is 1.62 bits per heavy atom. The Bertz CT molecular complexity index is 913. The summed E-state index contributed by atoms with van der Waals surface area (Å²) in [5.74, 6) is 0. The van der Waals surface area contributed by atoms with Gasteiger partial charge in [0, 0.05) is 45.1 Å². The number of hydrogen-bond donors (Lipinski definition) is 0. The van der Waals surface area contributed by atoms with Crippen LogP contribution in [-0.2, 0) is 32.7 Å². The maximum Gasteiger partial charge on any atom is 0.0247 e. The summed E-state index contributed by atoms with van der Waals surface area (Å²) >= 11 is 0. The fourth-order valence-corrected chi connectivity index (χ4v) is 2.39. The maximum absolute atomic E-state index is 4.47. The summed E-state index contributed by atoms with van der Waals surface area (Å²) < 4.78 is 0. The molecule has 4 rings (SSSR count). The van der Waals surface area contributed by atoms with Crippen molar-refractivity contribution in [2.75, 3.05) is 0 Å². The fraction of sp³-hybridized carbons (Fsp3) is 0. The first-order valence-electron chi connectivity index (χ1n) is 6.45. The first-order chi connectivity index (χ1) is 9.92. The molecule has 0 N–H and O–H groups in total. The van der Waals surface area contributed by atoms with Crippen LogP contribution in [0.1, 0.15) is 0 Å². The van der Waals surface area contributed by atoms with E-state index in [4.69, 9.17) is 0 Å². The molecule has 0 saturated heterocycles. The molecule has 0 aliphatic carbocycles. The van der Waals surface area contributed by atoms with Crippen LogP contribution in [0, 0.1) is 12.1 Å². The molecule has 0 saturated carbocycles. The summed E-state index contributed by atoms with van der Waals surface area (Å²) in [5, 5.41) is 2.19. The van der Waals surface area contributed by atoms with Crippen LogP contribution in [0.4, 0.5) is 0 Å². The third kappa shape index (κ3) is 2.62. The monoisotopic (exact) mass is 343 g/mol. The molecule has 0 unspecified atom stereocenters. The van der Waals surface area contributed by atoms with Crippen molar-refractivity contribution in [3.05, 3.63) is 73.1 Å². The van der Waals surface area contributed by atoms with Gasteiger partial charge in [0.05, 0.1) is 0 Å². The Hall–Kier alpha value is -1.64. The van der Waals surface area contributed by atoms with E-state index in [2.05, 4.69) is 34.2 Å². The van der Waals surface area contributed by atoms with E-state index in [1.807, 2.05) is 36.4 Å². The van der Waals surface area contributed by atoms with E-state index in [1.165, 1.54) is 0 Å². The van der Waals surface area contributed by atoms with E-state index in [1.54, 1.807) is 12.4 Å². The molecule has 1 radical (unpaired) electrons. The molecular formula is C18H10N2Y-2. The second-order valence-electron chi connectivity index (χ2n) is 4.61. The molecule has 0 fully saturated rings. The van der Waals surface area contributed by atoms with Gasteiger partial charge in [0.2, 0.25) is 0 Å². The number of hydrogen-bond acceptors (Lipinski definition) is 2. The zero-order valence-corrected chi connectivity index (χ0v) is 14.1. The van der Waals surface area contributed by atoms with Crippen LogP contribution >= 0.6 is 0 Å². The maximum atomic E-state index is 4.47. The van der Waals surface area contributed by atoms with Gasteiger partial charge in [-0.15, -0.1) is 12.1 Å². The molecule has 0 aliphatic rings. The van der Waals surface area contributed by atoms with Crippen LogP contribution in [0.2, 0.25) is 0 Å². The van der Waals surface area contributed by atoms with E-state index < -0.39 is 0 Å². The van der Waals surface area contributed by atoms with Gasteiger partial charge in [-0.2, -0.15) is 24.3 Å². The molecule has 2 nitrogen and oxygen atoms in total. The van der Waals surface area contributed by atoms with E-state index in [-0.39, 0.29) is 32.7 Å². The Balaban J connectivity index is 0.00000132. The zero-order valence-electron chi connectivity index (χ0n) is 11.2. The summed E-state index contributed by atoms with van der Waals surface area (Å²) in [6.07, 6.45) is 3.59. The van der Waals surface area contributed by atoms with E-state index in [9.17, 15) is 0 Å². The number of aromatic nitrogens is 2. The van der Waals surface area contributed by atoms with Crippen molar-refractivity contribution in [1.82, 2.24) is 9.97 Å². The predicted molar refractivity (Wildman–Crippen MR) is 80.2 cm³/mol. The van der Waals surface area contributed by atoms with Gasteiger partial charge in [-0.3, -0.25) is 4.98 Å². The number of fused-ring (bicyclic) bond motifs is 2. The Morgan fingerprint density at radius 1 is 0.810 bits per heavy atom. The molecule has 4 aromatic rings. The second kappa shape index (κ2) is 6.01. The van der Waals surface area contributed by atoms with Gasteiger partial charge in [0.25, 0.3) is 0 Å². The number of benzene rings is 2. The molecule has 2 heterocycles. The zero-order chi connectivity index (χ0) is 13.4. The molecule has 0 atom stereocenters. The smallest absolute Gasteiger partial charge is 0.0247 e. The van der Waals surface area contributed by atoms with E-state index in [0.29, 0.717) is 0 Å². The fourth-order valence-electron chi connectivity index (χ4n) is 2.39. The molecule has 0 spiro atoms. The minimum atomic E-state index is 0. The molecule has 0 amide bonds. The largest absolute Gasteiger partial charge is 0.315 e. The van der Waals surface area contributed by atoms with Crippen LogP contribution in [-0.4, -0.2) is 9.97 Å². The van der Waals surface area contributed by atoms with Crippen LogP contribution in [0.5, 0.6) is 0 Å². The summed E-state index contributed by atoms with van der Waals surface area (Å²) in [5.41, 5.74) is 3.75. The third-order valence-corrected chi connectivity index (χ3v) is 3.36. The first kappa shape index (κ1) is 14.3. The minimum Gasteiger partial charge on any atom is -0.315 e. The van der Waals surface area contributed by atoms with Gasteiger partial charge in [-0.25, -0.2) is 11.1 Å². The van der Waals surface area contributed by atoms with Crippen molar-refractivity contribution in [2.24, 2.45) is 0 Å². The summed E-state index contributed by atoms with van der Waals surface area (Å²) in [4.78, 5) is 8.82. The summed E-state index contributed by atoms with van der Waals surface area (Å²) in [7, 11) is 0. The van der Waals surface area contributed by atoms with Crippen molar-refractivity contribution >= 4 is 21.8 Å². The quantitative estimate of drug-likeness (QED) is 0.488. The minimum absolute atomic E-state index is 0. The van der Waals surface area contributed by atoms with Gasteiger partial charge in [0.1, 0.15) is 0 Å². The molecule has 0 aliphatic heterocycles. The van der Waals surface area contributed by atoms with Crippen molar-refractivity contribution in [1.29, 1.82) is 0 Å². The number of rotatable bonds is 1. The summed E-state index contributed by atoms with van der Waals surface area (Å²) in [6, 6.07) is 22.6. The summed E-state index contributed by atoms with van der Waals surface area (Å²) in [6.45, 7) is 0. The van der Waals surface area contributed by atoms with E-state index in [0.717, 1.165) is 32.9 Å². The Kier molecular flexibility index (Phi) is 4.09. The van der Waals surface area contributed by atoms with Crippen molar-refractivity contribution < 1.29 is 32.7 Å². The normalized spacial score (nSPS) is 10.5. The van der Waals surface area contributed by atoms with E-state index >= 15 is 0 Å². The molecule has 3 heteroatoms. The van der Waals surface area contributed by atoms with Crippen molar-refractivity contribution in [2.45, 2.75) is 0 Å². The van der Waals surface area contributed by atoms with Crippen molar-refractivity contribution in [3.8, 4) is 11.1 Å². The predicted octanol–water partition coefficient (Wildman–Crippen LogP) is 4.05. The molecular weight excluding hydrogens is 333 g/mol. The van der Waals surface area contributed by atoms with Gasteiger partial charge in [0.15, 0.2) is 0 Å². The Morgan fingerprint density at radius 3 is 2.52 bits per heavy atom. The van der Waals surface area contributed by atoms with Gasteiger partial charge >= 0.3 is 0 Å². The number of pyridine rings is 2. The van der Waals surface area contributed by atoms with Gasteiger partial charge < -0.3 is 4.98 Å². The molecule has 2 aromatic carbocycles. The van der Waals surface area contributed by atoms with Crippen LogP contribution in [0.3, 0.4) is 0 Å². The molecule has 97 valence electrons. The third-order valence-electron chi connectivity index (χ3n) is 3.36. The van der Waals surface area contributed by atoms with Gasteiger partial charge in [-0.05, 0) is 11.6 Å². The first-order valence-corrected chi connectivity index (χ1v) is 6.45. The van der Waals surface area contributed by atoms with Crippen LogP contribution in [0.25, 0.3) is 32.9 Å². The average Bonchev–Trinajstić information content (AvgIpc) is 2.54. The molecule has 21 heavy (non-hydrogen) atoms. The van der Waals surface area contributed by atoms with Crippen LogP contribution < -0.4 is 0 Å². The molecule has 0 bridgehead atoms.